The van der Waals surface area contributed by atoms with Crippen molar-refractivity contribution in [3.05, 3.63) is 105 Å². The number of hydrogen-bond acceptors (Lipinski definition) is 5. The van der Waals surface area contributed by atoms with Crippen molar-refractivity contribution < 1.29 is 14.3 Å². The Balaban J connectivity index is 1.23. The van der Waals surface area contributed by atoms with Crippen LogP contribution in [0.4, 0.5) is 0 Å². The summed E-state index contributed by atoms with van der Waals surface area (Å²) in [6, 6.07) is 17.9. The van der Waals surface area contributed by atoms with E-state index in [-0.39, 0.29) is 11.8 Å². The molecule has 0 atom stereocenters. The lowest BCUT2D eigenvalue weighted by Gasteiger charge is -2.30. The number of aryl methyl sites for hydroxylation is 2. The zero-order valence-electron chi connectivity index (χ0n) is 23.6. The topological polar surface area (TPSA) is 59.5 Å². The minimum Gasteiger partial charge on any atom is -0.468 e. The third-order valence-corrected chi connectivity index (χ3v) is 8.66. The molecule has 208 valence electrons. The second-order valence-corrected chi connectivity index (χ2v) is 11.8. The number of hydrogen-bond donors (Lipinski definition) is 0. The number of halogens is 1. The lowest BCUT2D eigenvalue weighted by molar-refractivity contribution is -0.146. The summed E-state index contributed by atoms with van der Waals surface area (Å²) in [5.41, 5.74) is 8.39. The molecule has 2 heterocycles. The van der Waals surface area contributed by atoms with Gasteiger partial charge >= 0.3 is 5.97 Å². The molecule has 0 amide bonds. The molecule has 1 aromatic heterocycles. The Bertz CT molecular complexity index is 1450. The summed E-state index contributed by atoms with van der Waals surface area (Å²) in [5.74, 6) is -0.203. The Kier molecular flexibility index (Phi) is 8.53. The van der Waals surface area contributed by atoms with E-state index in [0.717, 1.165) is 68.0 Å². The maximum Gasteiger partial charge on any atom is 0.315 e. The van der Waals surface area contributed by atoms with Gasteiger partial charge in [-0.2, -0.15) is 0 Å². The van der Waals surface area contributed by atoms with E-state index in [9.17, 15) is 9.59 Å². The van der Waals surface area contributed by atoms with Gasteiger partial charge in [0.2, 0.25) is 0 Å². The number of carbonyl (C=O) groups is 2. The summed E-state index contributed by atoms with van der Waals surface area (Å²) in [6.07, 6.45) is 7.11. The molecule has 1 aliphatic carbocycles. The molecular formula is C34H37ClN2O3. The van der Waals surface area contributed by atoms with Gasteiger partial charge in [-0.05, 0) is 99.0 Å². The SMILES string of the molecule is COC(=O)C(C)(C)c1cccc(C(=O)CCCN2CCC(=C3c4ccc(Cl)cc4CCc4cccnc43)CC2)c1. The van der Waals surface area contributed by atoms with Crippen molar-refractivity contribution in [1.82, 2.24) is 9.88 Å². The molecule has 0 radical (unpaired) electrons. The third-order valence-electron chi connectivity index (χ3n) is 8.42. The fourth-order valence-electron chi connectivity index (χ4n) is 5.99. The highest BCUT2D eigenvalue weighted by Crippen LogP contribution is 2.38. The van der Waals surface area contributed by atoms with Crippen molar-refractivity contribution in [2.24, 2.45) is 0 Å². The van der Waals surface area contributed by atoms with Gasteiger partial charge in [-0.15, -0.1) is 0 Å². The zero-order chi connectivity index (χ0) is 28.3. The standard InChI is InChI=1S/C34H37ClN2O3/c1-34(2,33(39)40-3)27-9-4-7-26(21-27)30(38)10-6-18-37-19-15-23(16-20-37)31-29-14-13-28(35)22-25(29)12-11-24-8-5-17-36-32(24)31/h4-5,7-9,13-14,17,21-22H,6,10-12,15-16,18-20H2,1-3H3. The highest BCUT2D eigenvalue weighted by Gasteiger charge is 2.31. The van der Waals surface area contributed by atoms with Gasteiger partial charge in [-0.25, -0.2) is 0 Å². The smallest absolute Gasteiger partial charge is 0.315 e. The third kappa shape index (κ3) is 5.91. The van der Waals surface area contributed by atoms with Crippen molar-refractivity contribution >= 4 is 28.9 Å². The van der Waals surface area contributed by atoms with Crippen molar-refractivity contribution in [1.29, 1.82) is 0 Å². The van der Waals surface area contributed by atoms with E-state index in [1.54, 1.807) is 0 Å². The Morgan fingerprint density at radius 3 is 2.52 bits per heavy atom. The summed E-state index contributed by atoms with van der Waals surface area (Å²) < 4.78 is 4.95. The number of benzene rings is 2. The highest BCUT2D eigenvalue weighted by molar-refractivity contribution is 6.30. The summed E-state index contributed by atoms with van der Waals surface area (Å²) in [5, 5.41) is 0.783. The Morgan fingerprint density at radius 2 is 1.75 bits per heavy atom. The van der Waals surface area contributed by atoms with E-state index in [1.807, 2.05) is 56.4 Å². The van der Waals surface area contributed by atoms with E-state index < -0.39 is 5.41 Å². The van der Waals surface area contributed by atoms with Crippen LogP contribution in [0.15, 0.2) is 66.4 Å². The molecule has 6 heteroatoms. The minimum absolute atomic E-state index is 0.110. The molecule has 0 bridgehead atoms. The van der Waals surface area contributed by atoms with E-state index in [2.05, 4.69) is 23.1 Å². The number of carbonyl (C=O) groups excluding carboxylic acids is 2. The molecule has 1 fully saturated rings. The summed E-state index contributed by atoms with van der Waals surface area (Å²) in [4.78, 5) is 32.5. The predicted molar refractivity (Wildman–Crippen MR) is 160 cm³/mol. The van der Waals surface area contributed by atoms with Crippen molar-refractivity contribution in [2.75, 3.05) is 26.7 Å². The van der Waals surface area contributed by atoms with E-state index >= 15 is 0 Å². The molecule has 3 aromatic rings. The molecule has 5 rings (SSSR count). The summed E-state index contributed by atoms with van der Waals surface area (Å²) in [6.45, 7) is 6.48. The van der Waals surface area contributed by atoms with Crippen LogP contribution in [0.2, 0.25) is 5.02 Å². The molecule has 0 spiro atoms. The number of fused-ring (bicyclic) bond motifs is 2. The molecule has 1 aliphatic heterocycles. The maximum absolute atomic E-state index is 13.0. The quantitative estimate of drug-likeness (QED) is 0.235. The second-order valence-electron chi connectivity index (χ2n) is 11.4. The molecule has 40 heavy (non-hydrogen) atoms. The van der Waals surface area contributed by atoms with Crippen molar-refractivity contribution in [3.8, 4) is 0 Å². The van der Waals surface area contributed by atoms with Crippen LogP contribution in [-0.2, 0) is 27.8 Å². The Hall–Kier alpha value is -3.28. The molecule has 0 unspecified atom stereocenters. The number of nitrogens with zero attached hydrogens (tertiary/aromatic N) is 2. The number of esters is 1. The molecule has 2 aliphatic rings. The maximum atomic E-state index is 13.0. The minimum atomic E-state index is -0.800. The van der Waals surface area contributed by atoms with Crippen LogP contribution in [0.25, 0.3) is 5.57 Å². The van der Waals surface area contributed by atoms with Gasteiger partial charge in [-0.1, -0.05) is 47.5 Å². The van der Waals surface area contributed by atoms with Gasteiger partial charge in [-0.3, -0.25) is 14.6 Å². The summed E-state index contributed by atoms with van der Waals surface area (Å²) in [7, 11) is 1.39. The highest BCUT2D eigenvalue weighted by atomic mass is 35.5. The number of aromatic nitrogens is 1. The number of methoxy groups -OCH3 is 1. The lowest BCUT2D eigenvalue weighted by atomic mass is 9.83. The number of rotatable bonds is 7. The largest absolute Gasteiger partial charge is 0.468 e. The van der Waals surface area contributed by atoms with Crippen LogP contribution in [-0.4, -0.2) is 48.4 Å². The normalized spacial score (nSPS) is 15.7. The van der Waals surface area contributed by atoms with Crippen LogP contribution in [0.3, 0.4) is 0 Å². The van der Waals surface area contributed by atoms with Crippen molar-refractivity contribution in [2.45, 2.75) is 57.8 Å². The first-order valence-corrected chi connectivity index (χ1v) is 14.6. The van der Waals surface area contributed by atoms with E-state index in [0.29, 0.717) is 12.0 Å². The van der Waals surface area contributed by atoms with Gasteiger partial charge in [0.25, 0.3) is 0 Å². The fraction of sp³-hybridized carbons (Fsp3) is 0.382. The molecule has 5 nitrogen and oxygen atoms in total. The van der Waals surface area contributed by atoms with Gasteiger partial charge in [0.15, 0.2) is 5.78 Å². The van der Waals surface area contributed by atoms with Crippen LogP contribution in [0.5, 0.6) is 0 Å². The van der Waals surface area contributed by atoms with Gasteiger partial charge in [0, 0.05) is 41.9 Å². The molecule has 0 saturated carbocycles. The lowest BCUT2D eigenvalue weighted by Crippen LogP contribution is -2.32. The average molecular weight is 557 g/mol. The molecule has 2 aromatic carbocycles. The van der Waals surface area contributed by atoms with Gasteiger partial charge < -0.3 is 9.64 Å². The number of likely N-dealkylation sites (tertiary alicyclic amines) is 1. The first-order chi connectivity index (χ1) is 19.3. The average Bonchev–Trinajstić information content (AvgIpc) is 3.13. The molecule has 1 saturated heterocycles. The number of ether oxygens (including phenoxy) is 1. The second kappa shape index (κ2) is 12.1. The van der Waals surface area contributed by atoms with Crippen LogP contribution in [0.1, 0.15) is 77.8 Å². The number of Topliss-reactive ketones (excluding diaryl/α,β-unsaturated/α-hetero) is 1. The number of pyridine rings is 1. The number of piperidine rings is 1. The molecular weight excluding hydrogens is 520 g/mol. The van der Waals surface area contributed by atoms with E-state index in [4.69, 9.17) is 21.3 Å². The first kappa shape index (κ1) is 28.3. The van der Waals surface area contributed by atoms with Gasteiger partial charge in [0.1, 0.15) is 0 Å². The van der Waals surface area contributed by atoms with Crippen LogP contribution >= 0.6 is 11.6 Å². The fourth-order valence-corrected chi connectivity index (χ4v) is 6.19. The van der Waals surface area contributed by atoms with Crippen LogP contribution < -0.4 is 0 Å². The van der Waals surface area contributed by atoms with E-state index in [1.165, 1.54) is 34.9 Å². The Morgan fingerprint density at radius 1 is 0.975 bits per heavy atom. The monoisotopic (exact) mass is 556 g/mol. The summed E-state index contributed by atoms with van der Waals surface area (Å²) >= 11 is 6.37. The molecule has 0 N–H and O–H groups in total. The predicted octanol–water partition coefficient (Wildman–Crippen LogP) is 6.85. The Labute approximate surface area is 242 Å². The van der Waals surface area contributed by atoms with Crippen molar-refractivity contribution in [3.63, 3.8) is 0 Å². The zero-order valence-corrected chi connectivity index (χ0v) is 24.4. The van der Waals surface area contributed by atoms with Crippen LogP contribution in [0, 0.1) is 0 Å². The first-order valence-electron chi connectivity index (χ1n) is 14.2. The van der Waals surface area contributed by atoms with Gasteiger partial charge in [0.05, 0.1) is 18.2 Å². The number of ketones is 1.